The summed E-state index contributed by atoms with van der Waals surface area (Å²) < 4.78 is 1.78. The molecule has 78 valence electrons. The molecule has 0 amide bonds. The summed E-state index contributed by atoms with van der Waals surface area (Å²) in [6.07, 6.45) is 6.26. The van der Waals surface area contributed by atoms with Crippen LogP contribution in [0.3, 0.4) is 0 Å². The molecule has 1 aliphatic rings. The minimum atomic E-state index is 0.416. The van der Waals surface area contributed by atoms with Crippen LogP contribution in [0.25, 0.3) is 0 Å². The molecule has 3 nitrogen and oxygen atoms in total. The fourth-order valence-corrected chi connectivity index (χ4v) is 2.27. The number of aromatic nitrogens is 2. The second-order valence-corrected chi connectivity index (χ2v) is 4.28. The first kappa shape index (κ1) is 9.56. The highest BCUT2D eigenvalue weighted by molar-refractivity contribution is 5.33. The van der Waals surface area contributed by atoms with Crippen LogP contribution in [0, 0.1) is 6.92 Å². The van der Waals surface area contributed by atoms with E-state index in [1.54, 1.807) is 4.68 Å². The average Bonchev–Trinajstić information content (AvgIpc) is 2.47. The van der Waals surface area contributed by atoms with Gasteiger partial charge in [0, 0.05) is 13.0 Å². The van der Waals surface area contributed by atoms with Crippen LogP contribution < -0.4 is 0 Å². The molecule has 1 aromatic rings. The summed E-state index contributed by atoms with van der Waals surface area (Å²) >= 11 is 0. The van der Waals surface area contributed by atoms with Crippen LogP contribution in [-0.2, 0) is 7.05 Å². The van der Waals surface area contributed by atoms with Gasteiger partial charge in [0.2, 0.25) is 0 Å². The summed E-state index contributed by atoms with van der Waals surface area (Å²) in [5.41, 5.74) is 1.80. The van der Waals surface area contributed by atoms with E-state index in [0.29, 0.717) is 11.7 Å². The van der Waals surface area contributed by atoms with Crippen molar-refractivity contribution in [3.63, 3.8) is 0 Å². The maximum Gasteiger partial charge on any atom is 0.160 e. The fraction of sp³-hybridized carbons (Fsp3) is 0.727. The molecule has 0 saturated heterocycles. The van der Waals surface area contributed by atoms with Gasteiger partial charge in [0.15, 0.2) is 5.75 Å². The monoisotopic (exact) mass is 194 g/mol. The van der Waals surface area contributed by atoms with Gasteiger partial charge in [-0.05, 0) is 19.8 Å². The largest absolute Gasteiger partial charge is 0.504 e. The van der Waals surface area contributed by atoms with Crippen LogP contribution >= 0.6 is 0 Å². The maximum absolute atomic E-state index is 9.89. The molecular weight excluding hydrogens is 176 g/mol. The van der Waals surface area contributed by atoms with E-state index in [4.69, 9.17) is 0 Å². The molecule has 1 N–H and O–H groups in total. The normalized spacial score (nSPS) is 18.7. The van der Waals surface area contributed by atoms with E-state index in [-0.39, 0.29) is 0 Å². The van der Waals surface area contributed by atoms with E-state index < -0.39 is 0 Å². The Hall–Kier alpha value is -0.990. The van der Waals surface area contributed by atoms with Crippen LogP contribution in [0.4, 0.5) is 0 Å². The molecular formula is C11H18N2O. The molecule has 0 bridgehead atoms. The Labute approximate surface area is 84.7 Å². The smallest absolute Gasteiger partial charge is 0.160 e. The van der Waals surface area contributed by atoms with Crippen molar-refractivity contribution in [1.82, 2.24) is 9.78 Å². The van der Waals surface area contributed by atoms with E-state index in [1.807, 2.05) is 14.0 Å². The van der Waals surface area contributed by atoms with E-state index in [9.17, 15) is 5.11 Å². The lowest BCUT2D eigenvalue weighted by molar-refractivity contribution is 0.408. The van der Waals surface area contributed by atoms with Gasteiger partial charge in [0.1, 0.15) is 5.69 Å². The van der Waals surface area contributed by atoms with Crippen molar-refractivity contribution in [2.75, 3.05) is 0 Å². The number of hydrogen-bond donors (Lipinski definition) is 1. The third kappa shape index (κ3) is 1.51. The van der Waals surface area contributed by atoms with Crippen molar-refractivity contribution in [2.24, 2.45) is 7.05 Å². The van der Waals surface area contributed by atoms with Gasteiger partial charge in [-0.15, -0.1) is 0 Å². The fourth-order valence-electron chi connectivity index (χ4n) is 2.27. The van der Waals surface area contributed by atoms with Crippen LogP contribution in [-0.4, -0.2) is 14.9 Å². The molecule has 0 unspecified atom stereocenters. The molecule has 1 aromatic heterocycles. The highest BCUT2D eigenvalue weighted by Gasteiger charge is 2.23. The van der Waals surface area contributed by atoms with Gasteiger partial charge in [-0.3, -0.25) is 4.68 Å². The van der Waals surface area contributed by atoms with E-state index in [0.717, 1.165) is 11.4 Å². The summed E-state index contributed by atoms with van der Waals surface area (Å²) in [6.45, 7) is 1.91. The molecule has 0 aliphatic heterocycles. The van der Waals surface area contributed by atoms with Crippen molar-refractivity contribution in [3.05, 3.63) is 11.4 Å². The van der Waals surface area contributed by atoms with Crippen LogP contribution in [0.15, 0.2) is 0 Å². The lowest BCUT2D eigenvalue weighted by atomic mass is 9.86. The van der Waals surface area contributed by atoms with Gasteiger partial charge in [0.25, 0.3) is 0 Å². The average molecular weight is 194 g/mol. The molecule has 0 atom stereocenters. The summed E-state index contributed by atoms with van der Waals surface area (Å²) in [6, 6.07) is 0. The molecule has 1 aliphatic carbocycles. The second kappa shape index (κ2) is 3.64. The zero-order valence-electron chi connectivity index (χ0n) is 8.95. The first-order chi connectivity index (χ1) is 6.70. The first-order valence-corrected chi connectivity index (χ1v) is 5.42. The number of aryl methyl sites for hydroxylation is 1. The molecule has 0 spiro atoms. The predicted octanol–water partition coefficient (Wildman–Crippen LogP) is 2.48. The van der Waals surface area contributed by atoms with Gasteiger partial charge in [-0.2, -0.15) is 5.10 Å². The Morgan fingerprint density at radius 2 is 1.93 bits per heavy atom. The Morgan fingerprint density at radius 3 is 2.43 bits per heavy atom. The number of aromatic hydroxyl groups is 1. The molecule has 1 saturated carbocycles. The van der Waals surface area contributed by atoms with Gasteiger partial charge in [-0.1, -0.05) is 19.3 Å². The summed E-state index contributed by atoms with van der Waals surface area (Å²) in [5, 5.41) is 14.3. The maximum atomic E-state index is 9.89. The summed E-state index contributed by atoms with van der Waals surface area (Å²) in [4.78, 5) is 0. The molecule has 0 aromatic carbocycles. The molecule has 1 fully saturated rings. The zero-order valence-corrected chi connectivity index (χ0v) is 8.95. The molecule has 1 heterocycles. The Morgan fingerprint density at radius 1 is 1.29 bits per heavy atom. The second-order valence-electron chi connectivity index (χ2n) is 4.28. The Kier molecular flexibility index (Phi) is 2.48. The Bertz CT molecular complexity index is 324. The summed E-state index contributed by atoms with van der Waals surface area (Å²) in [7, 11) is 1.89. The minimum Gasteiger partial charge on any atom is -0.504 e. The quantitative estimate of drug-likeness (QED) is 0.745. The van der Waals surface area contributed by atoms with Crippen LogP contribution in [0.1, 0.15) is 49.4 Å². The zero-order chi connectivity index (χ0) is 10.1. The highest BCUT2D eigenvalue weighted by Crippen LogP contribution is 2.37. The van der Waals surface area contributed by atoms with Crippen molar-refractivity contribution >= 4 is 0 Å². The SMILES string of the molecule is Cc1c(O)c(C2CCCCC2)nn1C. The van der Waals surface area contributed by atoms with Crippen LogP contribution in [0.2, 0.25) is 0 Å². The molecule has 0 radical (unpaired) electrons. The van der Waals surface area contributed by atoms with Crippen molar-refractivity contribution in [1.29, 1.82) is 0 Å². The van der Waals surface area contributed by atoms with E-state index >= 15 is 0 Å². The lowest BCUT2D eigenvalue weighted by Crippen LogP contribution is -2.05. The standard InChI is InChI=1S/C11H18N2O/c1-8-11(14)10(12-13(8)2)9-6-4-3-5-7-9/h9,14H,3-7H2,1-2H3. The van der Waals surface area contributed by atoms with Gasteiger partial charge in [0.05, 0.1) is 5.69 Å². The highest BCUT2D eigenvalue weighted by atomic mass is 16.3. The predicted molar refractivity (Wildman–Crippen MR) is 55.4 cm³/mol. The lowest BCUT2D eigenvalue weighted by Gasteiger charge is -2.19. The third-order valence-electron chi connectivity index (χ3n) is 3.32. The number of nitrogens with zero attached hydrogens (tertiary/aromatic N) is 2. The first-order valence-electron chi connectivity index (χ1n) is 5.42. The van der Waals surface area contributed by atoms with Crippen molar-refractivity contribution < 1.29 is 5.11 Å². The van der Waals surface area contributed by atoms with Gasteiger partial charge >= 0.3 is 0 Å². The van der Waals surface area contributed by atoms with Gasteiger partial charge < -0.3 is 5.11 Å². The van der Waals surface area contributed by atoms with Crippen LogP contribution in [0.5, 0.6) is 5.75 Å². The van der Waals surface area contributed by atoms with Gasteiger partial charge in [-0.25, -0.2) is 0 Å². The van der Waals surface area contributed by atoms with E-state index in [2.05, 4.69) is 5.10 Å². The number of hydrogen-bond acceptors (Lipinski definition) is 2. The number of rotatable bonds is 1. The molecule has 3 heteroatoms. The molecule has 14 heavy (non-hydrogen) atoms. The third-order valence-corrected chi connectivity index (χ3v) is 3.32. The van der Waals surface area contributed by atoms with E-state index in [1.165, 1.54) is 32.1 Å². The van der Waals surface area contributed by atoms with Crippen molar-refractivity contribution in [2.45, 2.75) is 44.9 Å². The summed E-state index contributed by atoms with van der Waals surface area (Å²) in [5.74, 6) is 0.906. The van der Waals surface area contributed by atoms with Crippen molar-refractivity contribution in [3.8, 4) is 5.75 Å². The topological polar surface area (TPSA) is 38.1 Å². The minimum absolute atomic E-state index is 0.416. The molecule has 2 rings (SSSR count). The Balaban J connectivity index is 2.26.